The lowest BCUT2D eigenvalue weighted by Gasteiger charge is -2.08. The smallest absolute Gasteiger partial charge is 0.126 e. The quantitative estimate of drug-likeness (QED) is 0.599. The fraction of sp³-hybridized carbons (Fsp3) is 1.00. The predicted molar refractivity (Wildman–Crippen MR) is 52.5 cm³/mol. The Morgan fingerprint density at radius 2 is 2.42 bits per heavy atom. The molecule has 0 saturated carbocycles. The van der Waals surface area contributed by atoms with Crippen molar-refractivity contribution < 1.29 is 9.47 Å². The van der Waals surface area contributed by atoms with E-state index in [1.807, 2.05) is 11.8 Å². The van der Waals surface area contributed by atoms with E-state index in [4.69, 9.17) is 9.47 Å². The van der Waals surface area contributed by atoms with Crippen LogP contribution in [-0.2, 0) is 9.47 Å². The van der Waals surface area contributed by atoms with Crippen molar-refractivity contribution in [1.29, 1.82) is 0 Å². The van der Waals surface area contributed by atoms with Crippen molar-refractivity contribution in [3.05, 3.63) is 0 Å². The molecule has 1 saturated heterocycles. The molecule has 0 radical (unpaired) electrons. The zero-order valence-corrected chi connectivity index (χ0v) is 8.57. The van der Waals surface area contributed by atoms with Gasteiger partial charge in [0, 0.05) is 12.4 Å². The van der Waals surface area contributed by atoms with E-state index in [2.05, 4.69) is 6.92 Å². The van der Waals surface area contributed by atoms with E-state index in [1.54, 1.807) is 0 Å². The third-order valence-corrected chi connectivity index (χ3v) is 2.88. The van der Waals surface area contributed by atoms with Gasteiger partial charge >= 0.3 is 0 Å². The van der Waals surface area contributed by atoms with Crippen molar-refractivity contribution in [1.82, 2.24) is 0 Å². The Morgan fingerprint density at radius 1 is 1.50 bits per heavy atom. The monoisotopic (exact) mass is 190 g/mol. The maximum atomic E-state index is 5.47. The molecule has 72 valence electrons. The summed E-state index contributed by atoms with van der Waals surface area (Å²) >= 11 is 1.86. The Balaban J connectivity index is 1.81. The summed E-state index contributed by atoms with van der Waals surface area (Å²) in [5.41, 5.74) is 0.312. The van der Waals surface area contributed by atoms with E-state index >= 15 is 0 Å². The lowest BCUT2D eigenvalue weighted by molar-refractivity contribution is 0.0425. The molecule has 0 N–H and O–H groups in total. The fourth-order valence-electron chi connectivity index (χ4n) is 1.14. The average Bonchev–Trinajstić information content (AvgIpc) is 2.57. The van der Waals surface area contributed by atoms with Crippen LogP contribution in [0.25, 0.3) is 0 Å². The molecular weight excluding hydrogens is 172 g/mol. The summed E-state index contributed by atoms with van der Waals surface area (Å²) < 4.78 is 10.9. The van der Waals surface area contributed by atoms with Crippen LogP contribution in [0.3, 0.4) is 0 Å². The van der Waals surface area contributed by atoms with Gasteiger partial charge in [-0.3, -0.25) is 0 Å². The summed E-state index contributed by atoms with van der Waals surface area (Å²) in [4.78, 5) is 0. The highest BCUT2D eigenvalue weighted by molar-refractivity contribution is 8.00. The first-order valence-electron chi connectivity index (χ1n) is 4.74. The summed E-state index contributed by atoms with van der Waals surface area (Å²) in [7, 11) is 0. The van der Waals surface area contributed by atoms with Gasteiger partial charge in [-0.1, -0.05) is 19.8 Å². The van der Waals surface area contributed by atoms with E-state index in [1.165, 1.54) is 19.3 Å². The van der Waals surface area contributed by atoms with E-state index in [0.29, 0.717) is 5.44 Å². The van der Waals surface area contributed by atoms with E-state index in [9.17, 15) is 0 Å². The van der Waals surface area contributed by atoms with Crippen molar-refractivity contribution in [3.63, 3.8) is 0 Å². The van der Waals surface area contributed by atoms with Crippen LogP contribution in [0.5, 0.6) is 0 Å². The van der Waals surface area contributed by atoms with Crippen LogP contribution in [-0.4, -0.2) is 31.0 Å². The molecule has 1 heterocycles. The van der Waals surface area contributed by atoms with Gasteiger partial charge in [0.15, 0.2) is 0 Å². The Morgan fingerprint density at radius 3 is 3.08 bits per heavy atom. The van der Waals surface area contributed by atoms with E-state index in [0.717, 1.165) is 25.6 Å². The second-order valence-electron chi connectivity index (χ2n) is 2.95. The second kappa shape index (κ2) is 6.75. The van der Waals surface area contributed by atoms with Crippen molar-refractivity contribution >= 4 is 11.8 Å². The molecule has 1 rings (SSSR count). The lowest BCUT2D eigenvalue weighted by atomic mass is 10.3. The molecule has 0 aromatic heterocycles. The van der Waals surface area contributed by atoms with Crippen LogP contribution in [0.1, 0.15) is 26.2 Å². The minimum atomic E-state index is 0.312. The average molecular weight is 190 g/mol. The Kier molecular flexibility index (Phi) is 5.82. The first kappa shape index (κ1) is 10.4. The topological polar surface area (TPSA) is 18.5 Å². The van der Waals surface area contributed by atoms with Crippen molar-refractivity contribution in [2.75, 3.05) is 25.6 Å². The van der Waals surface area contributed by atoms with Crippen LogP contribution in [0.2, 0.25) is 0 Å². The van der Waals surface area contributed by atoms with Gasteiger partial charge in [0.25, 0.3) is 0 Å². The zero-order valence-electron chi connectivity index (χ0n) is 7.75. The molecule has 1 aliphatic heterocycles. The van der Waals surface area contributed by atoms with Crippen LogP contribution < -0.4 is 0 Å². The molecule has 0 aromatic carbocycles. The summed E-state index contributed by atoms with van der Waals surface area (Å²) in [6.07, 6.45) is 3.73. The summed E-state index contributed by atoms with van der Waals surface area (Å²) in [5.74, 6) is 1.13. The molecule has 3 heteroatoms. The number of hydrogen-bond donors (Lipinski definition) is 0. The molecule has 0 bridgehead atoms. The highest BCUT2D eigenvalue weighted by atomic mass is 32.2. The number of unbranched alkanes of at least 4 members (excludes halogenated alkanes) is 2. The first-order valence-corrected chi connectivity index (χ1v) is 5.79. The third kappa shape index (κ3) is 4.33. The van der Waals surface area contributed by atoms with Gasteiger partial charge in [0.2, 0.25) is 0 Å². The van der Waals surface area contributed by atoms with Crippen molar-refractivity contribution in [2.45, 2.75) is 31.6 Å². The molecule has 1 fully saturated rings. The summed E-state index contributed by atoms with van der Waals surface area (Å²) in [6.45, 7) is 4.77. The largest absolute Gasteiger partial charge is 0.378 e. The van der Waals surface area contributed by atoms with Gasteiger partial charge in [-0.2, -0.15) is 0 Å². The van der Waals surface area contributed by atoms with Gasteiger partial charge in [0.1, 0.15) is 5.44 Å². The van der Waals surface area contributed by atoms with Crippen LogP contribution in [0, 0.1) is 0 Å². The fourth-order valence-corrected chi connectivity index (χ4v) is 1.98. The highest BCUT2D eigenvalue weighted by Gasteiger charge is 2.15. The molecule has 0 unspecified atom stereocenters. The van der Waals surface area contributed by atoms with E-state index in [-0.39, 0.29) is 0 Å². The number of ether oxygens (including phenoxy) is 2. The molecule has 0 aliphatic carbocycles. The van der Waals surface area contributed by atoms with Crippen LogP contribution in [0.4, 0.5) is 0 Å². The summed E-state index contributed by atoms with van der Waals surface area (Å²) in [6, 6.07) is 0. The van der Waals surface area contributed by atoms with Crippen molar-refractivity contribution in [3.8, 4) is 0 Å². The molecule has 1 aliphatic rings. The SMILES string of the molecule is CCCCCOC[C@@H]1OCCS1. The first-order chi connectivity index (χ1) is 5.93. The highest BCUT2D eigenvalue weighted by Crippen LogP contribution is 2.19. The molecule has 0 spiro atoms. The lowest BCUT2D eigenvalue weighted by Crippen LogP contribution is -2.11. The van der Waals surface area contributed by atoms with Gasteiger partial charge in [-0.25, -0.2) is 0 Å². The van der Waals surface area contributed by atoms with E-state index < -0.39 is 0 Å². The standard InChI is InChI=1S/C9H18O2S/c1-2-3-4-5-10-8-9-11-6-7-12-9/h9H,2-8H2,1H3/t9-/m1/s1. The van der Waals surface area contributed by atoms with Crippen molar-refractivity contribution in [2.24, 2.45) is 0 Å². The molecule has 0 aromatic rings. The minimum absolute atomic E-state index is 0.312. The minimum Gasteiger partial charge on any atom is -0.378 e. The van der Waals surface area contributed by atoms with Gasteiger partial charge in [0.05, 0.1) is 13.2 Å². The Hall–Kier alpha value is 0.270. The second-order valence-corrected chi connectivity index (χ2v) is 4.22. The van der Waals surface area contributed by atoms with Gasteiger partial charge < -0.3 is 9.47 Å². The summed E-state index contributed by atoms with van der Waals surface area (Å²) in [5, 5.41) is 0. The third-order valence-electron chi connectivity index (χ3n) is 1.84. The van der Waals surface area contributed by atoms with Crippen LogP contribution in [0.15, 0.2) is 0 Å². The molecule has 1 atom stereocenters. The van der Waals surface area contributed by atoms with Gasteiger partial charge in [-0.15, -0.1) is 11.8 Å². The molecule has 2 nitrogen and oxygen atoms in total. The normalized spacial score (nSPS) is 23.2. The maximum absolute atomic E-state index is 5.47. The maximum Gasteiger partial charge on any atom is 0.126 e. The zero-order chi connectivity index (χ0) is 8.65. The number of rotatable bonds is 6. The molecule has 0 amide bonds. The van der Waals surface area contributed by atoms with Gasteiger partial charge in [-0.05, 0) is 6.42 Å². The number of thioether (sulfide) groups is 1. The number of hydrogen-bond acceptors (Lipinski definition) is 3. The Labute approximate surface area is 79.0 Å². The Bertz CT molecular complexity index is 103. The molecular formula is C9H18O2S. The molecule has 12 heavy (non-hydrogen) atoms. The van der Waals surface area contributed by atoms with Crippen LogP contribution >= 0.6 is 11.8 Å². The predicted octanol–water partition coefficient (Wildman–Crippen LogP) is 2.28.